The first-order chi connectivity index (χ1) is 22.6. The lowest BCUT2D eigenvalue weighted by Gasteiger charge is -2.47. The Kier molecular flexibility index (Phi) is 11.9. The first-order valence-corrected chi connectivity index (χ1v) is 11.2. The monoisotopic (exact) mass is 902 g/mol. The van der Waals surface area contributed by atoms with E-state index in [1.54, 1.807) is 0 Å². The number of hydrogen-bond acceptors (Lipinski definition) is 0. The predicted octanol–water partition coefficient (Wildman–Crippen LogP) is 11.7. The van der Waals surface area contributed by atoms with Gasteiger partial charge in [-0.15, -0.1) is 0 Å². The Hall–Kier alpha value is -2.52. The lowest BCUT2D eigenvalue weighted by Crippen LogP contribution is -2.80. The minimum Gasteiger partial charge on any atom is -0.203 e. The summed E-state index contributed by atoms with van der Waals surface area (Å²) in [5, 5.41) is 0. The van der Waals surface area contributed by atoms with E-state index >= 15 is 0 Å². The van der Waals surface area contributed by atoms with Crippen LogP contribution in [0.2, 0.25) is 0 Å². The van der Waals surface area contributed by atoms with Gasteiger partial charge in [-0.1, -0.05) is 0 Å². The van der Waals surface area contributed by atoms with Gasteiger partial charge in [-0.25, -0.2) is 17.6 Å². The Labute approximate surface area is 267 Å². The Bertz CT molecular complexity index is 1240. The Morgan fingerprint density at radius 2 is 0.222 bits per heavy atom. The maximum atomic E-state index is 13.8. The van der Waals surface area contributed by atoms with Gasteiger partial charge in [0, 0.05) is 0 Å². The van der Waals surface area contributed by atoms with Crippen LogP contribution in [0.1, 0.15) is 0 Å². The van der Waals surface area contributed by atoms with E-state index in [4.69, 9.17) is 0 Å². The highest BCUT2D eigenvalue weighted by molar-refractivity contribution is 5.22. The molecule has 0 spiro atoms. The van der Waals surface area contributed by atoms with Crippen LogP contribution in [0.3, 0.4) is 0 Å². The summed E-state index contributed by atoms with van der Waals surface area (Å²) in [5.74, 6) is -155. The molecule has 0 saturated carbocycles. The van der Waals surface area contributed by atoms with Crippen molar-refractivity contribution < 1.29 is 158 Å². The Morgan fingerprint density at radius 3 is 0.296 bits per heavy atom. The Morgan fingerprint density at radius 1 is 0.148 bits per heavy atom. The molecule has 0 unspecified atom stereocenters. The van der Waals surface area contributed by atoms with E-state index in [2.05, 4.69) is 0 Å². The highest BCUT2D eigenvalue weighted by atomic mass is 19.4. The van der Waals surface area contributed by atoms with Gasteiger partial charge in [-0.2, -0.15) is 140 Å². The second-order valence-corrected chi connectivity index (χ2v) is 9.89. The van der Waals surface area contributed by atoms with Crippen molar-refractivity contribution in [2.24, 2.45) is 0 Å². The third-order valence-electron chi connectivity index (χ3n) is 6.51. The zero-order valence-corrected chi connectivity index (χ0v) is 22.8. The van der Waals surface area contributed by atoms with Crippen molar-refractivity contribution in [2.45, 2.75) is 108 Å². The SMILES string of the molecule is FC(F)C(F)(F)C(F)(F)C(F)(F)C(F)(F)C(F)(F)C(F)(F)C(F)(F)C(F)(F)C(F)(F)C(F)(F)C(F)(F)C(F)(F)C(F)(F)C(F)(F)C(F)(F)C(F)(F)C(F)F. The van der Waals surface area contributed by atoms with Crippen molar-refractivity contribution in [3.63, 3.8) is 0 Å². The van der Waals surface area contributed by atoms with Crippen LogP contribution in [-0.4, -0.2) is 108 Å². The van der Waals surface area contributed by atoms with Gasteiger partial charge in [0.25, 0.3) is 0 Å². The molecule has 0 N–H and O–H groups in total. The van der Waals surface area contributed by atoms with E-state index < -0.39 is 108 Å². The molecular formula is C18H2F36. The molecule has 0 aliphatic heterocycles. The molecule has 0 rings (SSSR count). The van der Waals surface area contributed by atoms with E-state index in [9.17, 15) is 158 Å². The standard InChI is InChI=1S/C18H2F36/c19-1(20)3(23,24)5(27,28)7(31,32)9(35,36)11(39,40)13(43,44)15(47,48)17(51,52)18(53,54)16(49,50)14(45,46)12(41,42)10(37,38)8(33,34)6(29,30)4(25,26)2(21)22/h1-2H. The van der Waals surface area contributed by atoms with Crippen molar-refractivity contribution in [3.05, 3.63) is 0 Å². The van der Waals surface area contributed by atoms with Crippen molar-refractivity contribution in [1.82, 2.24) is 0 Å². The molecule has 0 aromatic rings. The molecule has 0 amide bonds. The van der Waals surface area contributed by atoms with Crippen molar-refractivity contribution in [2.75, 3.05) is 0 Å². The zero-order chi connectivity index (χ0) is 45.2. The summed E-state index contributed by atoms with van der Waals surface area (Å²) in [6, 6.07) is 0. The summed E-state index contributed by atoms with van der Waals surface area (Å²) in [5.41, 5.74) is 0. The summed E-state index contributed by atoms with van der Waals surface area (Å²) in [7, 11) is 0. The fraction of sp³-hybridized carbons (Fsp3) is 1.00. The Balaban J connectivity index is 7.78. The summed E-state index contributed by atoms with van der Waals surface area (Å²) < 4.78 is 479. The number of rotatable bonds is 17. The minimum atomic E-state index is -10.3. The maximum Gasteiger partial charge on any atom is 0.385 e. The van der Waals surface area contributed by atoms with Gasteiger partial charge in [0.15, 0.2) is 0 Å². The van der Waals surface area contributed by atoms with Crippen LogP contribution in [-0.2, 0) is 0 Å². The molecule has 0 atom stereocenters. The zero-order valence-electron chi connectivity index (χ0n) is 22.8. The van der Waals surface area contributed by atoms with Gasteiger partial charge in [0.1, 0.15) is 0 Å². The topological polar surface area (TPSA) is 0 Å². The van der Waals surface area contributed by atoms with E-state index in [-0.39, 0.29) is 0 Å². The molecule has 0 nitrogen and oxygen atoms in total. The van der Waals surface area contributed by atoms with Crippen LogP contribution < -0.4 is 0 Å². The maximum absolute atomic E-state index is 13.8. The average Bonchev–Trinajstić information content (AvgIpc) is 2.95. The molecule has 0 aliphatic carbocycles. The van der Waals surface area contributed by atoms with Gasteiger partial charge in [0.2, 0.25) is 0 Å². The van der Waals surface area contributed by atoms with Gasteiger partial charge >= 0.3 is 108 Å². The second-order valence-electron chi connectivity index (χ2n) is 9.89. The smallest absolute Gasteiger partial charge is 0.203 e. The fourth-order valence-corrected chi connectivity index (χ4v) is 3.06. The molecule has 0 aliphatic rings. The lowest BCUT2D eigenvalue weighted by atomic mass is 9.82. The summed E-state index contributed by atoms with van der Waals surface area (Å²) in [6.45, 7) is 0. The fourth-order valence-electron chi connectivity index (χ4n) is 3.06. The molecular weight excluding hydrogens is 900 g/mol. The van der Waals surface area contributed by atoms with Crippen LogP contribution in [0.25, 0.3) is 0 Å². The average molecular weight is 902 g/mol. The summed E-state index contributed by atoms with van der Waals surface area (Å²) in [4.78, 5) is 0. The molecule has 0 heterocycles. The highest BCUT2D eigenvalue weighted by Crippen LogP contribution is 2.70. The number of halogens is 36. The molecule has 54 heavy (non-hydrogen) atoms. The molecule has 0 radical (unpaired) electrons. The third kappa shape index (κ3) is 5.57. The summed E-state index contributed by atoms with van der Waals surface area (Å²) in [6.07, 6.45) is -13.1. The summed E-state index contributed by atoms with van der Waals surface area (Å²) >= 11 is 0. The van der Waals surface area contributed by atoms with Crippen LogP contribution in [0.4, 0.5) is 158 Å². The number of hydrogen-bond donors (Lipinski definition) is 0. The van der Waals surface area contributed by atoms with Crippen molar-refractivity contribution >= 4 is 0 Å². The van der Waals surface area contributed by atoms with Gasteiger partial charge in [-0.3, -0.25) is 0 Å². The molecule has 326 valence electrons. The van der Waals surface area contributed by atoms with Crippen LogP contribution in [0, 0.1) is 0 Å². The van der Waals surface area contributed by atoms with Crippen LogP contribution in [0.5, 0.6) is 0 Å². The molecule has 0 fully saturated rings. The molecule has 36 heteroatoms. The molecule has 0 aromatic carbocycles. The first kappa shape index (κ1) is 51.5. The van der Waals surface area contributed by atoms with Gasteiger partial charge in [0.05, 0.1) is 0 Å². The molecule has 0 aromatic heterocycles. The largest absolute Gasteiger partial charge is 0.385 e. The van der Waals surface area contributed by atoms with E-state index in [1.807, 2.05) is 0 Å². The van der Waals surface area contributed by atoms with Gasteiger partial charge < -0.3 is 0 Å². The molecule has 0 bridgehead atoms. The third-order valence-corrected chi connectivity index (χ3v) is 6.51. The van der Waals surface area contributed by atoms with Crippen LogP contribution >= 0.6 is 0 Å². The van der Waals surface area contributed by atoms with Crippen molar-refractivity contribution in [3.8, 4) is 0 Å². The van der Waals surface area contributed by atoms with E-state index in [0.29, 0.717) is 0 Å². The number of alkyl halides is 36. The van der Waals surface area contributed by atoms with Gasteiger partial charge in [-0.05, 0) is 0 Å². The first-order valence-electron chi connectivity index (χ1n) is 11.2. The van der Waals surface area contributed by atoms with E-state index in [1.165, 1.54) is 0 Å². The van der Waals surface area contributed by atoms with E-state index in [0.717, 1.165) is 0 Å². The lowest BCUT2D eigenvalue weighted by molar-refractivity contribution is -0.490. The quantitative estimate of drug-likeness (QED) is 0.128. The molecule has 0 saturated heterocycles. The van der Waals surface area contributed by atoms with Crippen molar-refractivity contribution in [1.29, 1.82) is 0 Å². The second kappa shape index (κ2) is 12.5. The highest BCUT2D eigenvalue weighted by Gasteiger charge is 3.02. The van der Waals surface area contributed by atoms with Crippen LogP contribution in [0.15, 0.2) is 0 Å². The predicted molar refractivity (Wildman–Crippen MR) is 91.2 cm³/mol. The minimum absolute atomic E-state index is 6.53. The normalized spacial score (nSPS) is 17.2.